The number of rotatable bonds is 6. The standard InChI is InChI=1S/C21H19NO4/c1-2-6-19(23)17-12-22-18-11-14(9-10-16(18)20(17)24)13-26-21(25)15-7-4-3-5-8-15/h3-5,7-12H,2,6,13H2,1H3,(H,22,24). The third-order valence-electron chi connectivity index (χ3n) is 4.10. The van der Waals surface area contributed by atoms with Crippen molar-refractivity contribution in [1.82, 2.24) is 4.98 Å². The number of benzene rings is 2. The summed E-state index contributed by atoms with van der Waals surface area (Å²) in [6.45, 7) is 2.00. The zero-order chi connectivity index (χ0) is 18.5. The smallest absolute Gasteiger partial charge is 0.338 e. The second-order valence-electron chi connectivity index (χ2n) is 6.03. The molecule has 1 heterocycles. The van der Waals surface area contributed by atoms with Gasteiger partial charge in [-0.15, -0.1) is 0 Å². The molecule has 0 saturated carbocycles. The van der Waals surface area contributed by atoms with Crippen molar-refractivity contribution >= 4 is 22.7 Å². The van der Waals surface area contributed by atoms with Crippen LogP contribution in [0.15, 0.2) is 59.5 Å². The van der Waals surface area contributed by atoms with Gasteiger partial charge in [-0.1, -0.05) is 31.2 Å². The Morgan fingerprint density at radius 2 is 1.85 bits per heavy atom. The van der Waals surface area contributed by atoms with Gasteiger partial charge in [0.25, 0.3) is 0 Å². The van der Waals surface area contributed by atoms with Gasteiger partial charge in [0.05, 0.1) is 11.1 Å². The van der Waals surface area contributed by atoms with E-state index in [-0.39, 0.29) is 23.4 Å². The molecule has 2 aromatic carbocycles. The molecule has 0 bridgehead atoms. The highest BCUT2D eigenvalue weighted by atomic mass is 16.5. The van der Waals surface area contributed by atoms with Crippen molar-refractivity contribution in [3.05, 3.63) is 81.6 Å². The van der Waals surface area contributed by atoms with Crippen LogP contribution in [0, 0.1) is 0 Å². The van der Waals surface area contributed by atoms with E-state index in [2.05, 4.69) is 4.98 Å². The Bertz CT molecular complexity index is 1010. The number of ketones is 1. The van der Waals surface area contributed by atoms with E-state index in [1.165, 1.54) is 6.20 Å². The van der Waals surface area contributed by atoms with Gasteiger partial charge in [0, 0.05) is 23.5 Å². The highest BCUT2D eigenvalue weighted by molar-refractivity contribution is 5.98. The van der Waals surface area contributed by atoms with E-state index in [4.69, 9.17) is 4.74 Å². The summed E-state index contributed by atoms with van der Waals surface area (Å²) >= 11 is 0. The average Bonchev–Trinajstić information content (AvgIpc) is 2.67. The molecule has 132 valence electrons. The predicted octanol–water partition coefficient (Wildman–Crippen LogP) is 3.87. The van der Waals surface area contributed by atoms with Crippen LogP contribution in [0.4, 0.5) is 0 Å². The van der Waals surface area contributed by atoms with Gasteiger partial charge < -0.3 is 9.72 Å². The monoisotopic (exact) mass is 349 g/mol. The fraction of sp³-hybridized carbons (Fsp3) is 0.190. The Balaban J connectivity index is 1.79. The third kappa shape index (κ3) is 3.72. The van der Waals surface area contributed by atoms with E-state index >= 15 is 0 Å². The molecule has 3 aromatic rings. The van der Waals surface area contributed by atoms with Crippen molar-refractivity contribution in [3.63, 3.8) is 0 Å². The first-order valence-electron chi connectivity index (χ1n) is 8.50. The minimum Gasteiger partial charge on any atom is -0.457 e. The van der Waals surface area contributed by atoms with Crippen LogP contribution in [-0.4, -0.2) is 16.7 Å². The molecule has 3 rings (SSSR count). The summed E-state index contributed by atoms with van der Waals surface area (Å²) in [6.07, 6.45) is 2.51. The predicted molar refractivity (Wildman–Crippen MR) is 99.4 cm³/mol. The minimum absolute atomic E-state index is 0.0994. The largest absolute Gasteiger partial charge is 0.457 e. The number of hydrogen-bond donors (Lipinski definition) is 1. The molecule has 0 aliphatic rings. The summed E-state index contributed by atoms with van der Waals surface area (Å²) in [4.78, 5) is 39.5. The van der Waals surface area contributed by atoms with E-state index in [0.717, 1.165) is 5.56 Å². The zero-order valence-electron chi connectivity index (χ0n) is 14.5. The molecule has 0 saturated heterocycles. The molecule has 0 radical (unpaired) electrons. The number of hydrogen-bond acceptors (Lipinski definition) is 4. The first-order chi connectivity index (χ1) is 12.6. The molecule has 0 aliphatic heterocycles. The van der Waals surface area contributed by atoms with E-state index in [1.807, 2.05) is 13.0 Å². The number of Topliss-reactive ketones (excluding diaryl/α,β-unsaturated/α-hetero) is 1. The Morgan fingerprint density at radius 1 is 1.08 bits per heavy atom. The van der Waals surface area contributed by atoms with Gasteiger partial charge in [0.15, 0.2) is 11.2 Å². The Morgan fingerprint density at radius 3 is 2.58 bits per heavy atom. The zero-order valence-corrected chi connectivity index (χ0v) is 14.5. The number of aromatic amines is 1. The first-order valence-corrected chi connectivity index (χ1v) is 8.50. The molecular weight excluding hydrogens is 330 g/mol. The summed E-state index contributed by atoms with van der Waals surface area (Å²) in [7, 11) is 0. The number of fused-ring (bicyclic) bond motifs is 1. The normalized spacial score (nSPS) is 10.7. The van der Waals surface area contributed by atoms with Crippen LogP contribution in [0.1, 0.15) is 46.0 Å². The van der Waals surface area contributed by atoms with Crippen molar-refractivity contribution in [3.8, 4) is 0 Å². The fourth-order valence-corrected chi connectivity index (χ4v) is 2.73. The van der Waals surface area contributed by atoms with Crippen LogP contribution in [0.5, 0.6) is 0 Å². The van der Waals surface area contributed by atoms with Crippen LogP contribution in [0.25, 0.3) is 10.9 Å². The van der Waals surface area contributed by atoms with Gasteiger partial charge in [0.2, 0.25) is 0 Å². The van der Waals surface area contributed by atoms with Crippen LogP contribution < -0.4 is 5.43 Å². The molecule has 1 N–H and O–H groups in total. The van der Waals surface area contributed by atoms with Crippen molar-refractivity contribution in [2.75, 3.05) is 0 Å². The lowest BCUT2D eigenvalue weighted by atomic mass is 10.0. The topological polar surface area (TPSA) is 76.2 Å². The van der Waals surface area contributed by atoms with Gasteiger partial charge in [-0.25, -0.2) is 4.79 Å². The molecule has 0 amide bonds. The minimum atomic E-state index is -0.403. The Kier molecular flexibility index (Phi) is 5.27. The maximum absolute atomic E-state index is 12.5. The second kappa shape index (κ2) is 7.78. The summed E-state index contributed by atoms with van der Waals surface area (Å²) in [5.74, 6) is -0.559. The highest BCUT2D eigenvalue weighted by Crippen LogP contribution is 2.14. The molecule has 5 heteroatoms. The van der Waals surface area contributed by atoms with Crippen LogP contribution in [-0.2, 0) is 11.3 Å². The number of aromatic nitrogens is 1. The van der Waals surface area contributed by atoms with Crippen molar-refractivity contribution < 1.29 is 14.3 Å². The fourth-order valence-electron chi connectivity index (χ4n) is 2.73. The number of pyridine rings is 1. The summed E-state index contributed by atoms with van der Waals surface area (Å²) in [5.41, 5.74) is 1.76. The first kappa shape index (κ1) is 17.6. The van der Waals surface area contributed by atoms with E-state index in [9.17, 15) is 14.4 Å². The lowest BCUT2D eigenvalue weighted by Gasteiger charge is -2.07. The third-order valence-corrected chi connectivity index (χ3v) is 4.10. The van der Waals surface area contributed by atoms with Crippen molar-refractivity contribution in [1.29, 1.82) is 0 Å². The van der Waals surface area contributed by atoms with Gasteiger partial charge in [-0.05, 0) is 36.2 Å². The molecule has 0 atom stereocenters. The number of H-pyrrole nitrogens is 1. The Hall–Kier alpha value is -3.21. The van der Waals surface area contributed by atoms with Gasteiger partial charge in [0.1, 0.15) is 6.61 Å². The number of nitrogens with one attached hydrogen (secondary N) is 1. The molecule has 26 heavy (non-hydrogen) atoms. The highest BCUT2D eigenvalue weighted by Gasteiger charge is 2.13. The second-order valence-corrected chi connectivity index (χ2v) is 6.03. The molecule has 0 unspecified atom stereocenters. The van der Waals surface area contributed by atoms with Crippen molar-refractivity contribution in [2.24, 2.45) is 0 Å². The summed E-state index contributed by atoms with van der Waals surface area (Å²) in [6, 6.07) is 13.9. The van der Waals surface area contributed by atoms with Gasteiger partial charge in [-0.3, -0.25) is 9.59 Å². The van der Waals surface area contributed by atoms with Crippen LogP contribution >= 0.6 is 0 Å². The lowest BCUT2D eigenvalue weighted by Crippen LogP contribution is -2.15. The molecule has 0 fully saturated rings. The number of carbonyl (C=O) groups excluding carboxylic acids is 2. The van der Waals surface area contributed by atoms with E-state index < -0.39 is 5.97 Å². The molecule has 0 spiro atoms. The Labute approximate surface area is 150 Å². The summed E-state index contributed by atoms with van der Waals surface area (Å²) in [5, 5.41) is 0.449. The number of ether oxygens (including phenoxy) is 1. The SMILES string of the molecule is CCCC(=O)c1c[nH]c2cc(COC(=O)c3ccccc3)ccc2c1=O. The average molecular weight is 349 g/mol. The maximum Gasteiger partial charge on any atom is 0.338 e. The van der Waals surface area contributed by atoms with Crippen LogP contribution in [0.2, 0.25) is 0 Å². The molecule has 5 nitrogen and oxygen atoms in total. The van der Waals surface area contributed by atoms with Gasteiger partial charge in [-0.2, -0.15) is 0 Å². The molecular formula is C21H19NO4. The number of esters is 1. The van der Waals surface area contributed by atoms with E-state index in [1.54, 1.807) is 42.5 Å². The quantitative estimate of drug-likeness (QED) is 0.541. The number of carbonyl (C=O) groups is 2. The molecule has 0 aliphatic carbocycles. The lowest BCUT2D eigenvalue weighted by molar-refractivity contribution is 0.0472. The summed E-state index contributed by atoms with van der Waals surface area (Å²) < 4.78 is 5.30. The van der Waals surface area contributed by atoms with Gasteiger partial charge >= 0.3 is 5.97 Å². The van der Waals surface area contributed by atoms with Crippen molar-refractivity contribution in [2.45, 2.75) is 26.4 Å². The molecule has 1 aromatic heterocycles. The van der Waals surface area contributed by atoms with Crippen LogP contribution in [0.3, 0.4) is 0 Å². The maximum atomic E-state index is 12.5. The van der Waals surface area contributed by atoms with E-state index in [0.29, 0.717) is 29.3 Å².